The number of halogens is 4. The molecule has 31 heavy (non-hydrogen) atoms. The van der Waals surface area contributed by atoms with Crippen LogP contribution in [-0.2, 0) is 4.74 Å². The number of hydrogen-bond donors (Lipinski definition) is 0. The minimum absolute atomic E-state index is 0.385. The molecule has 1 saturated carbocycles. The quantitative estimate of drug-likeness (QED) is 0.451. The van der Waals surface area contributed by atoms with Crippen molar-refractivity contribution in [2.24, 2.45) is 16.7 Å². The van der Waals surface area contributed by atoms with Gasteiger partial charge < -0.3 is 4.74 Å². The van der Waals surface area contributed by atoms with Crippen molar-refractivity contribution in [1.82, 2.24) is 4.90 Å². The summed E-state index contributed by atoms with van der Waals surface area (Å²) in [6, 6.07) is 0. The van der Waals surface area contributed by atoms with E-state index in [2.05, 4.69) is 13.5 Å². The van der Waals surface area contributed by atoms with Gasteiger partial charge in [-0.15, -0.1) is 0 Å². The molecule has 0 aromatic heterocycles. The van der Waals surface area contributed by atoms with Crippen LogP contribution in [0.4, 0.5) is 17.6 Å². The SMILES string of the molecule is C=C1N2C3=CC=CC2=C2C=C(C(F)(F)F)C=C4CC(C)(CC)C1(C42)C(CC)([C@@H](C)F)O3. The van der Waals surface area contributed by atoms with Crippen molar-refractivity contribution >= 4 is 0 Å². The molecule has 3 heterocycles. The first-order valence-electron chi connectivity index (χ1n) is 10.9. The van der Waals surface area contributed by atoms with Gasteiger partial charge in [-0.3, -0.25) is 4.90 Å². The van der Waals surface area contributed by atoms with Crippen LogP contribution < -0.4 is 0 Å². The summed E-state index contributed by atoms with van der Waals surface area (Å²) in [6.45, 7) is 12.0. The van der Waals surface area contributed by atoms with E-state index in [0.717, 1.165) is 5.70 Å². The van der Waals surface area contributed by atoms with Crippen LogP contribution in [0.5, 0.6) is 0 Å². The summed E-state index contributed by atoms with van der Waals surface area (Å²) in [5.41, 5.74) is -0.608. The summed E-state index contributed by atoms with van der Waals surface area (Å²) < 4.78 is 63.8. The van der Waals surface area contributed by atoms with E-state index in [4.69, 9.17) is 4.74 Å². The Hall–Kier alpha value is -2.24. The lowest BCUT2D eigenvalue weighted by molar-refractivity contribution is -0.225. The van der Waals surface area contributed by atoms with Crippen LogP contribution in [0.15, 0.2) is 71.0 Å². The maximum Gasteiger partial charge on any atom is 0.416 e. The molecule has 2 nitrogen and oxygen atoms in total. The third-order valence-corrected chi connectivity index (χ3v) is 8.52. The minimum atomic E-state index is -4.45. The molecule has 5 rings (SSSR count). The largest absolute Gasteiger partial charge is 0.468 e. The molecular weight excluding hydrogens is 406 g/mol. The van der Waals surface area contributed by atoms with Gasteiger partial charge in [0.05, 0.1) is 16.7 Å². The highest BCUT2D eigenvalue weighted by molar-refractivity contribution is 5.62. The third kappa shape index (κ3) is 2.10. The van der Waals surface area contributed by atoms with E-state index < -0.39 is 40.3 Å². The lowest BCUT2D eigenvalue weighted by Crippen LogP contribution is -2.70. The normalized spacial score (nSPS) is 39.0. The smallest absolute Gasteiger partial charge is 0.416 e. The Labute approximate surface area is 180 Å². The standard InChI is InChI=1S/C25H27F4NO/c1-6-22(5)13-16-11-17(25(27,28)29)12-18-19-9-8-10-20-30(19)15(4)24(22,21(16)18)23(7-2,31-20)14(3)26/h8-12,14,21H,4,6-7,13H2,1-3,5H3/t14-,21?,22?,23?,24?/m1/s1. The number of allylic oxidation sites excluding steroid dienone is 8. The predicted octanol–water partition coefficient (Wildman–Crippen LogP) is 6.87. The lowest BCUT2D eigenvalue weighted by Gasteiger charge is -2.67. The second-order valence-corrected chi connectivity index (χ2v) is 9.60. The van der Waals surface area contributed by atoms with E-state index in [1.807, 2.05) is 24.8 Å². The summed E-state index contributed by atoms with van der Waals surface area (Å²) in [4.78, 5) is 1.83. The van der Waals surface area contributed by atoms with E-state index in [9.17, 15) is 13.2 Å². The first-order chi connectivity index (χ1) is 14.5. The lowest BCUT2D eigenvalue weighted by atomic mass is 9.47. The maximum atomic E-state index is 15.7. The molecule has 2 fully saturated rings. The summed E-state index contributed by atoms with van der Waals surface area (Å²) in [5.74, 6) is 0.0404. The highest BCUT2D eigenvalue weighted by atomic mass is 19.4. The summed E-state index contributed by atoms with van der Waals surface area (Å²) in [7, 11) is 0. The predicted molar refractivity (Wildman–Crippen MR) is 111 cm³/mol. The fourth-order valence-electron chi connectivity index (χ4n) is 7.23. The Morgan fingerprint density at radius 2 is 1.97 bits per heavy atom. The van der Waals surface area contributed by atoms with Crippen LogP contribution in [0.3, 0.4) is 0 Å². The third-order valence-electron chi connectivity index (χ3n) is 8.52. The summed E-state index contributed by atoms with van der Waals surface area (Å²) in [5, 5.41) is 0. The summed E-state index contributed by atoms with van der Waals surface area (Å²) in [6.07, 6.45) is 3.59. The molecule has 5 aliphatic rings. The van der Waals surface area contributed by atoms with Crippen molar-refractivity contribution in [3.8, 4) is 0 Å². The molecular formula is C25H27F4NO. The first kappa shape index (κ1) is 20.7. The highest BCUT2D eigenvalue weighted by Gasteiger charge is 2.77. The van der Waals surface area contributed by atoms with Crippen LogP contribution in [0.1, 0.15) is 47.0 Å². The molecule has 166 valence electrons. The van der Waals surface area contributed by atoms with Crippen molar-refractivity contribution in [3.05, 3.63) is 71.0 Å². The Morgan fingerprint density at radius 1 is 1.26 bits per heavy atom. The zero-order valence-corrected chi connectivity index (χ0v) is 18.2. The number of rotatable bonds is 3. The molecule has 1 spiro atoms. The molecule has 0 N–H and O–H groups in total. The van der Waals surface area contributed by atoms with Gasteiger partial charge >= 0.3 is 6.18 Å². The number of hydrogen-bond acceptors (Lipinski definition) is 2. The number of ether oxygens (including phenoxy) is 1. The molecule has 4 unspecified atom stereocenters. The van der Waals surface area contributed by atoms with Gasteiger partial charge in [0.15, 0.2) is 11.5 Å². The number of nitrogens with zero attached hydrogens (tertiary/aromatic N) is 1. The fraction of sp³-hybridized carbons (Fsp3) is 0.520. The van der Waals surface area contributed by atoms with Gasteiger partial charge in [-0.25, -0.2) is 4.39 Å². The van der Waals surface area contributed by atoms with E-state index in [0.29, 0.717) is 42.0 Å². The molecule has 0 radical (unpaired) electrons. The van der Waals surface area contributed by atoms with Gasteiger partial charge in [-0.05, 0) is 55.4 Å². The molecule has 5 atom stereocenters. The van der Waals surface area contributed by atoms with Crippen LogP contribution in [0.2, 0.25) is 0 Å². The van der Waals surface area contributed by atoms with E-state index in [1.54, 1.807) is 12.2 Å². The van der Waals surface area contributed by atoms with Crippen molar-refractivity contribution in [1.29, 1.82) is 0 Å². The Balaban J connectivity index is 1.94. The second-order valence-electron chi connectivity index (χ2n) is 9.60. The molecule has 0 aromatic carbocycles. The van der Waals surface area contributed by atoms with Crippen LogP contribution in [0.25, 0.3) is 0 Å². The van der Waals surface area contributed by atoms with E-state index in [1.165, 1.54) is 19.1 Å². The molecule has 2 aliphatic carbocycles. The monoisotopic (exact) mass is 433 g/mol. The molecule has 6 heteroatoms. The topological polar surface area (TPSA) is 12.5 Å². The molecule has 3 aliphatic heterocycles. The minimum Gasteiger partial charge on any atom is -0.468 e. The van der Waals surface area contributed by atoms with Crippen molar-refractivity contribution in [2.75, 3.05) is 0 Å². The number of alkyl halides is 4. The summed E-state index contributed by atoms with van der Waals surface area (Å²) >= 11 is 0. The van der Waals surface area contributed by atoms with Crippen LogP contribution in [0, 0.1) is 16.7 Å². The van der Waals surface area contributed by atoms with Gasteiger partial charge in [-0.1, -0.05) is 45.1 Å². The Morgan fingerprint density at radius 3 is 2.55 bits per heavy atom. The van der Waals surface area contributed by atoms with E-state index in [-0.39, 0.29) is 0 Å². The molecule has 0 amide bonds. The zero-order valence-electron chi connectivity index (χ0n) is 18.2. The second kappa shape index (κ2) is 5.96. The van der Waals surface area contributed by atoms with Gasteiger partial charge in [0, 0.05) is 11.6 Å². The molecule has 1 saturated heterocycles. The van der Waals surface area contributed by atoms with Gasteiger partial charge in [-0.2, -0.15) is 13.2 Å². The molecule has 0 aromatic rings. The fourth-order valence-corrected chi connectivity index (χ4v) is 7.23. The first-order valence-corrected chi connectivity index (χ1v) is 10.9. The van der Waals surface area contributed by atoms with Crippen molar-refractivity contribution in [3.63, 3.8) is 0 Å². The van der Waals surface area contributed by atoms with E-state index >= 15 is 4.39 Å². The van der Waals surface area contributed by atoms with Gasteiger partial charge in [0.1, 0.15) is 6.17 Å². The average Bonchev–Trinajstić information content (AvgIpc) is 2.98. The zero-order chi connectivity index (χ0) is 22.6. The average molecular weight is 433 g/mol. The maximum absolute atomic E-state index is 15.7. The van der Waals surface area contributed by atoms with Crippen LogP contribution in [-0.4, -0.2) is 22.8 Å². The molecule has 2 bridgehead atoms. The van der Waals surface area contributed by atoms with Crippen LogP contribution >= 0.6 is 0 Å². The highest BCUT2D eigenvalue weighted by Crippen LogP contribution is 2.77. The van der Waals surface area contributed by atoms with Crippen molar-refractivity contribution < 1.29 is 22.3 Å². The van der Waals surface area contributed by atoms with Gasteiger partial charge in [0.25, 0.3) is 0 Å². The Kier molecular flexibility index (Phi) is 3.97. The van der Waals surface area contributed by atoms with Gasteiger partial charge in [0.2, 0.25) is 0 Å². The Bertz CT molecular complexity index is 1040. The van der Waals surface area contributed by atoms with Crippen molar-refractivity contribution in [2.45, 2.75) is 64.9 Å².